The highest BCUT2D eigenvalue weighted by molar-refractivity contribution is 6.01. The quantitative estimate of drug-likeness (QED) is 0.550. The average molecular weight is 157 g/mol. The van der Waals surface area contributed by atoms with Gasteiger partial charge in [0.2, 0.25) is 0 Å². The second-order valence-electron chi connectivity index (χ2n) is 2.33. The smallest absolute Gasteiger partial charge is 0.318 e. The molecule has 0 N–H and O–H groups in total. The summed E-state index contributed by atoms with van der Waals surface area (Å²) < 4.78 is 4.80. The van der Waals surface area contributed by atoms with Crippen molar-refractivity contribution in [3.63, 3.8) is 0 Å². The van der Waals surface area contributed by atoms with Crippen LogP contribution >= 0.6 is 0 Å². The van der Waals surface area contributed by atoms with Crippen molar-refractivity contribution in [1.82, 2.24) is 0 Å². The van der Waals surface area contributed by atoms with Crippen molar-refractivity contribution in [2.75, 3.05) is 13.2 Å². The molecular formula is C7H11NO3. The molecule has 0 saturated carbocycles. The number of oxime groups is 1. The Kier molecular flexibility index (Phi) is 2.46. The second-order valence-corrected chi connectivity index (χ2v) is 2.33. The van der Waals surface area contributed by atoms with E-state index in [0.29, 0.717) is 18.9 Å². The van der Waals surface area contributed by atoms with Crippen LogP contribution in [0, 0.1) is 5.92 Å². The third kappa shape index (κ3) is 1.69. The molecule has 0 aliphatic carbocycles. The number of hydrogen-bond donors (Lipinski definition) is 0. The van der Waals surface area contributed by atoms with Crippen molar-refractivity contribution in [2.45, 2.75) is 13.8 Å². The summed E-state index contributed by atoms with van der Waals surface area (Å²) in [6, 6.07) is 0. The van der Waals surface area contributed by atoms with Crippen molar-refractivity contribution in [2.24, 2.45) is 11.1 Å². The predicted octanol–water partition coefficient (Wildman–Crippen LogP) is 0.572. The Balaban J connectivity index is 2.48. The lowest BCUT2D eigenvalue weighted by Gasteiger charge is -2.05. The first-order valence-corrected chi connectivity index (χ1v) is 3.58. The lowest BCUT2D eigenvalue weighted by molar-refractivity contribution is -0.146. The molecule has 1 unspecified atom stereocenters. The Morgan fingerprint density at radius 3 is 3.09 bits per heavy atom. The summed E-state index contributed by atoms with van der Waals surface area (Å²) in [5.41, 5.74) is 0.698. The van der Waals surface area contributed by atoms with Crippen LogP contribution in [0.1, 0.15) is 13.8 Å². The number of ether oxygens (including phenoxy) is 1. The normalized spacial score (nSPS) is 22.4. The van der Waals surface area contributed by atoms with Crippen LogP contribution in [-0.4, -0.2) is 24.9 Å². The first-order valence-electron chi connectivity index (χ1n) is 3.58. The Hall–Kier alpha value is -1.06. The van der Waals surface area contributed by atoms with Gasteiger partial charge < -0.3 is 9.57 Å². The van der Waals surface area contributed by atoms with Gasteiger partial charge in [-0.15, -0.1) is 0 Å². The molecule has 0 aromatic heterocycles. The van der Waals surface area contributed by atoms with Gasteiger partial charge in [0.05, 0.1) is 12.3 Å². The van der Waals surface area contributed by atoms with Gasteiger partial charge in [-0.1, -0.05) is 5.16 Å². The average Bonchev–Trinajstić information content (AvgIpc) is 2.36. The van der Waals surface area contributed by atoms with E-state index in [4.69, 9.17) is 9.57 Å². The molecule has 1 heterocycles. The van der Waals surface area contributed by atoms with Crippen molar-refractivity contribution >= 4 is 11.7 Å². The molecule has 0 spiro atoms. The zero-order valence-corrected chi connectivity index (χ0v) is 6.66. The lowest BCUT2D eigenvalue weighted by atomic mass is 10.1. The first-order chi connectivity index (χ1) is 5.25. The van der Waals surface area contributed by atoms with E-state index in [-0.39, 0.29) is 11.9 Å². The van der Waals surface area contributed by atoms with Gasteiger partial charge in [-0.3, -0.25) is 4.79 Å². The monoisotopic (exact) mass is 157 g/mol. The van der Waals surface area contributed by atoms with E-state index >= 15 is 0 Å². The minimum Gasteiger partial charge on any atom is -0.465 e. The summed E-state index contributed by atoms with van der Waals surface area (Å²) >= 11 is 0. The Labute approximate surface area is 65.2 Å². The number of hydrogen-bond acceptors (Lipinski definition) is 4. The third-order valence-corrected chi connectivity index (χ3v) is 1.53. The molecule has 0 aromatic carbocycles. The van der Waals surface area contributed by atoms with Crippen LogP contribution in [0.5, 0.6) is 0 Å². The summed E-state index contributed by atoms with van der Waals surface area (Å²) in [7, 11) is 0. The molecule has 1 aliphatic heterocycles. The van der Waals surface area contributed by atoms with E-state index in [1.54, 1.807) is 13.8 Å². The summed E-state index contributed by atoms with van der Waals surface area (Å²) in [6.07, 6.45) is 0. The fourth-order valence-electron chi connectivity index (χ4n) is 0.879. The Morgan fingerprint density at radius 2 is 2.64 bits per heavy atom. The maximum Gasteiger partial charge on any atom is 0.318 e. The van der Waals surface area contributed by atoms with Crippen LogP contribution in [0.4, 0.5) is 0 Å². The molecule has 0 saturated heterocycles. The SMILES string of the molecule is CCOC(=O)C1CON=C1C. The third-order valence-electron chi connectivity index (χ3n) is 1.53. The van der Waals surface area contributed by atoms with Crippen LogP contribution in [-0.2, 0) is 14.4 Å². The summed E-state index contributed by atoms with van der Waals surface area (Å²) in [4.78, 5) is 15.8. The van der Waals surface area contributed by atoms with Crippen LogP contribution in [0.3, 0.4) is 0 Å². The summed E-state index contributed by atoms with van der Waals surface area (Å²) in [5, 5.41) is 3.64. The standard InChI is InChI=1S/C7H11NO3/c1-3-10-7(9)6-4-11-8-5(6)2/h6H,3-4H2,1-2H3. The highest BCUT2D eigenvalue weighted by Gasteiger charge is 2.28. The Morgan fingerprint density at radius 1 is 1.91 bits per heavy atom. The molecule has 1 aliphatic rings. The fraction of sp³-hybridized carbons (Fsp3) is 0.714. The van der Waals surface area contributed by atoms with E-state index in [1.807, 2.05) is 0 Å². The molecule has 11 heavy (non-hydrogen) atoms. The summed E-state index contributed by atoms with van der Waals surface area (Å²) in [6.45, 7) is 4.27. The van der Waals surface area contributed by atoms with E-state index in [9.17, 15) is 4.79 Å². The highest BCUT2D eigenvalue weighted by atomic mass is 16.6. The largest absolute Gasteiger partial charge is 0.465 e. The van der Waals surface area contributed by atoms with Crippen LogP contribution in [0.25, 0.3) is 0 Å². The van der Waals surface area contributed by atoms with E-state index < -0.39 is 0 Å². The van der Waals surface area contributed by atoms with Crippen LogP contribution in [0.2, 0.25) is 0 Å². The molecule has 0 radical (unpaired) electrons. The maximum atomic E-state index is 11.1. The molecule has 0 aromatic rings. The van der Waals surface area contributed by atoms with Crippen molar-refractivity contribution < 1.29 is 14.4 Å². The second kappa shape index (κ2) is 3.37. The van der Waals surface area contributed by atoms with Gasteiger partial charge in [0.15, 0.2) is 0 Å². The molecule has 62 valence electrons. The molecule has 1 atom stereocenters. The van der Waals surface area contributed by atoms with Crippen molar-refractivity contribution in [3.8, 4) is 0 Å². The van der Waals surface area contributed by atoms with E-state index in [1.165, 1.54) is 0 Å². The fourth-order valence-corrected chi connectivity index (χ4v) is 0.879. The molecule has 4 nitrogen and oxygen atoms in total. The van der Waals surface area contributed by atoms with Crippen molar-refractivity contribution in [3.05, 3.63) is 0 Å². The van der Waals surface area contributed by atoms with Crippen LogP contribution in [0.15, 0.2) is 5.16 Å². The number of carbonyl (C=O) groups excluding carboxylic acids is 1. The predicted molar refractivity (Wildman–Crippen MR) is 39.2 cm³/mol. The van der Waals surface area contributed by atoms with Gasteiger partial charge in [0, 0.05) is 0 Å². The minimum absolute atomic E-state index is 0.244. The number of rotatable bonds is 2. The van der Waals surface area contributed by atoms with E-state index in [0.717, 1.165) is 0 Å². The molecule has 4 heteroatoms. The molecule has 0 bridgehead atoms. The lowest BCUT2D eigenvalue weighted by Crippen LogP contribution is -2.24. The van der Waals surface area contributed by atoms with Gasteiger partial charge >= 0.3 is 5.97 Å². The minimum atomic E-state index is -0.282. The molecule has 0 amide bonds. The van der Waals surface area contributed by atoms with Crippen molar-refractivity contribution in [1.29, 1.82) is 0 Å². The summed E-state index contributed by atoms with van der Waals surface area (Å²) in [5.74, 6) is -0.527. The first kappa shape index (κ1) is 8.04. The molecular weight excluding hydrogens is 146 g/mol. The zero-order chi connectivity index (χ0) is 8.27. The topological polar surface area (TPSA) is 47.9 Å². The van der Waals surface area contributed by atoms with Gasteiger partial charge in [-0.25, -0.2) is 0 Å². The molecule has 1 rings (SSSR count). The Bertz CT molecular complexity index is 188. The van der Waals surface area contributed by atoms with Gasteiger partial charge in [0.25, 0.3) is 0 Å². The zero-order valence-electron chi connectivity index (χ0n) is 6.66. The van der Waals surface area contributed by atoms with Gasteiger partial charge in [-0.05, 0) is 13.8 Å². The number of esters is 1. The number of nitrogens with zero attached hydrogens (tertiary/aromatic N) is 1. The van der Waals surface area contributed by atoms with Crippen LogP contribution < -0.4 is 0 Å². The van der Waals surface area contributed by atoms with Gasteiger partial charge in [0.1, 0.15) is 12.5 Å². The maximum absolute atomic E-state index is 11.1. The molecule has 0 fully saturated rings. The highest BCUT2D eigenvalue weighted by Crippen LogP contribution is 2.11. The van der Waals surface area contributed by atoms with E-state index in [2.05, 4.69) is 5.16 Å². The van der Waals surface area contributed by atoms with Gasteiger partial charge in [-0.2, -0.15) is 0 Å². The number of carbonyl (C=O) groups is 1.